The van der Waals surface area contributed by atoms with Crippen LogP contribution >= 0.6 is 12.2 Å². The highest BCUT2D eigenvalue weighted by molar-refractivity contribution is 7.80. The zero-order valence-electron chi connectivity index (χ0n) is 16.2. The van der Waals surface area contributed by atoms with Crippen molar-refractivity contribution < 1.29 is 9.47 Å². The van der Waals surface area contributed by atoms with Crippen LogP contribution in [0.4, 0.5) is 0 Å². The van der Waals surface area contributed by atoms with Gasteiger partial charge in [0, 0.05) is 29.2 Å². The molecular formula is C21H24N4O2S. The van der Waals surface area contributed by atoms with Crippen LogP contribution < -0.4 is 20.2 Å². The number of nitrogens with one attached hydrogen (secondary N) is 2. The van der Waals surface area contributed by atoms with Gasteiger partial charge in [-0.15, -0.1) is 0 Å². The lowest BCUT2D eigenvalue weighted by atomic mass is 10.1. The third kappa shape index (κ3) is 4.43. The molecule has 6 nitrogen and oxygen atoms in total. The molecular weight excluding hydrogens is 372 g/mol. The average molecular weight is 397 g/mol. The first kappa shape index (κ1) is 19.7. The molecule has 0 unspecified atom stereocenters. The highest BCUT2D eigenvalue weighted by atomic mass is 32.1. The molecule has 0 bridgehead atoms. The Morgan fingerprint density at radius 3 is 2.57 bits per heavy atom. The smallest absolute Gasteiger partial charge is 0.186 e. The predicted molar refractivity (Wildman–Crippen MR) is 118 cm³/mol. The summed E-state index contributed by atoms with van der Waals surface area (Å²) in [5.74, 6) is 1.64. The van der Waals surface area contributed by atoms with Gasteiger partial charge in [0.2, 0.25) is 0 Å². The van der Waals surface area contributed by atoms with Gasteiger partial charge in [0.1, 0.15) is 18.1 Å². The molecule has 0 atom stereocenters. The zero-order valence-corrected chi connectivity index (χ0v) is 17.0. The largest absolute Gasteiger partial charge is 0.497 e. The van der Waals surface area contributed by atoms with E-state index >= 15 is 0 Å². The van der Waals surface area contributed by atoms with Gasteiger partial charge in [0.15, 0.2) is 5.11 Å². The number of nitrogens with zero attached hydrogens (tertiary/aromatic N) is 2. The lowest BCUT2D eigenvalue weighted by Gasteiger charge is -2.11. The summed E-state index contributed by atoms with van der Waals surface area (Å²) in [4.78, 5) is 0. The third-order valence-electron chi connectivity index (χ3n) is 4.51. The maximum Gasteiger partial charge on any atom is 0.186 e. The summed E-state index contributed by atoms with van der Waals surface area (Å²) in [6.45, 7) is 3.38. The SMILES string of the molecule is CNC(=S)N/N=C\c1c(C)n(CCOc2ccc(OC)cc2)c2ccccc12. The van der Waals surface area contributed by atoms with E-state index in [4.69, 9.17) is 21.7 Å². The van der Waals surface area contributed by atoms with Crippen molar-refractivity contribution in [2.75, 3.05) is 20.8 Å². The van der Waals surface area contributed by atoms with Crippen LogP contribution in [0.25, 0.3) is 10.9 Å². The summed E-state index contributed by atoms with van der Waals surface area (Å²) in [7, 11) is 3.41. The number of hydrazone groups is 1. The number of benzene rings is 2. The molecule has 0 saturated carbocycles. The summed E-state index contributed by atoms with van der Waals surface area (Å²) in [5, 5.41) is 8.70. The van der Waals surface area contributed by atoms with Gasteiger partial charge in [-0.3, -0.25) is 5.43 Å². The number of hydrogen-bond donors (Lipinski definition) is 2. The third-order valence-corrected chi connectivity index (χ3v) is 4.80. The van der Waals surface area contributed by atoms with Crippen molar-refractivity contribution >= 4 is 34.4 Å². The Hall–Kier alpha value is -3.06. The Morgan fingerprint density at radius 1 is 1.14 bits per heavy atom. The lowest BCUT2D eigenvalue weighted by molar-refractivity contribution is 0.299. The molecule has 0 aliphatic carbocycles. The summed E-state index contributed by atoms with van der Waals surface area (Å²) >= 11 is 5.06. The summed E-state index contributed by atoms with van der Waals surface area (Å²) in [6, 6.07) is 15.9. The number of ether oxygens (including phenoxy) is 2. The summed E-state index contributed by atoms with van der Waals surface area (Å²) in [5.41, 5.74) is 6.14. The molecule has 1 heterocycles. The van der Waals surface area contributed by atoms with Crippen LogP contribution in [0.1, 0.15) is 11.3 Å². The fourth-order valence-electron chi connectivity index (χ4n) is 3.05. The highest BCUT2D eigenvalue weighted by Gasteiger charge is 2.12. The molecule has 0 saturated heterocycles. The van der Waals surface area contributed by atoms with Crippen molar-refractivity contribution in [3.63, 3.8) is 0 Å². The van der Waals surface area contributed by atoms with Crippen molar-refractivity contribution in [2.45, 2.75) is 13.5 Å². The normalized spacial score (nSPS) is 11.0. The molecule has 0 amide bonds. The predicted octanol–water partition coefficient (Wildman–Crippen LogP) is 3.47. The first-order chi connectivity index (χ1) is 13.6. The molecule has 2 aromatic carbocycles. The van der Waals surface area contributed by atoms with Crippen molar-refractivity contribution in [1.29, 1.82) is 0 Å². The summed E-state index contributed by atoms with van der Waals surface area (Å²) in [6.07, 6.45) is 1.81. The number of thiocarbonyl (C=S) groups is 1. The van der Waals surface area contributed by atoms with E-state index in [0.29, 0.717) is 11.7 Å². The van der Waals surface area contributed by atoms with Gasteiger partial charge in [-0.2, -0.15) is 5.10 Å². The first-order valence-electron chi connectivity index (χ1n) is 8.99. The minimum atomic E-state index is 0.477. The Bertz CT molecular complexity index is 980. The molecule has 0 aliphatic heterocycles. The first-order valence-corrected chi connectivity index (χ1v) is 9.40. The number of para-hydroxylation sites is 1. The van der Waals surface area contributed by atoms with Crippen LogP contribution in [-0.2, 0) is 6.54 Å². The maximum absolute atomic E-state index is 5.90. The number of aromatic nitrogens is 1. The van der Waals surface area contributed by atoms with Gasteiger partial charge in [-0.1, -0.05) is 18.2 Å². The Balaban J connectivity index is 1.76. The fraction of sp³-hybridized carbons (Fsp3) is 0.238. The molecule has 7 heteroatoms. The molecule has 146 valence electrons. The van der Waals surface area contributed by atoms with E-state index in [9.17, 15) is 0 Å². The van der Waals surface area contributed by atoms with Crippen LogP contribution in [0.3, 0.4) is 0 Å². The van der Waals surface area contributed by atoms with E-state index < -0.39 is 0 Å². The van der Waals surface area contributed by atoms with Gasteiger partial charge in [0.25, 0.3) is 0 Å². The van der Waals surface area contributed by atoms with Crippen LogP contribution in [0, 0.1) is 6.92 Å². The van der Waals surface area contributed by atoms with E-state index in [2.05, 4.69) is 39.5 Å². The van der Waals surface area contributed by atoms with Gasteiger partial charge in [0.05, 0.1) is 19.9 Å². The average Bonchev–Trinajstić information content (AvgIpc) is 3.00. The van der Waals surface area contributed by atoms with Gasteiger partial charge < -0.3 is 19.4 Å². The number of fused-ring (bicyclic) bond motifs is 1. The minimum absolute atomic E-state index is 0.477. The van der Waals surface area contributed by atoms with Gasteiger partial charge in [-0.25, -0.2) is 0 Å². The molecule has 2 N–H and O–H groups in total. The van der Waals surface area contributed by atoms with Gasteiger partial charge in [-0.05, 0) is 49.5 Å². The monoisotopic (exact) mass is 396 g/mol. The number of hydrogen-bond acceptors (Lipinski definition) is 4. The van der Waals surface area contributed by atoms with E-state index in [0.717, 1.165) is 40.2 Å². The Labute approximate surface area is 170 Å². The van der Waals surface area contributed by atoms with E-state index in [1.807, 2.05) is 42.6 Å². The van der Waals surface area contributed by atoms with Crippen molar-refractivity contribution in [3.05, 3.63) is 59.8 Å². The van der Waals surface area contributed by atoms with Crippen molar-refractivity contribution in [1.82, 2.24) is 15.3 Å². The topological polar surface area (TPSA) is 59.8 Å². The number of rotatable bonds is 7. The lowest BCUT2D eigenvalue weighted by Crippen LogP contribution is -2.28. The second-order valence-electron chi connectivity index (χ2n) is 6.14. The molecule has 0 aliphatic rings. The molecule has 0 fully saturated rings. The summed E-state index contributed by atoms with van der Waals surface area (Å²) < 4.78 is 13.3. The molecule has 3 rings (SSSR count). The van der Waals surface area contributed by atoms with Gasteiger partial charge >= 0.3 is 0 Å². The van der Waals surface area contributed by atoms with Crippen LogP contribution in [0.2, 0.25) is 0 Å². The van der Waals surface area contributed by atoms with E-state index in [1.165, 1.54) is 0 Å². The molecule has 1 aromatic heterocycles. The second kappa shape index (κ2) is 9.23. The standard InChI is InChI=1S/C21H24N4O2S/c1-15-19(14-23-24-21(28)22-2)18-6-4-5-7-20(18)25(15)12-13-27-17-10-8-16(26-3)9-11-17/h4-11,14H,12-13H2,1-3H3,(H2,22,24,28)/b23-14-. The fourth-order valence-corrected chi connectivity index (χ4v) is 3.10. The molecule has 0 radical (unpaired) electrons. The Morgan fingerprint density at radius 2 is 1.86 bits per heavy atom. The van der Waals surface area contributed by atoms with Crippen LogP contribution in [0.15, 0.2) is 53.6 Å². The van der Waals surface area contributed by atoms with Crippen molar-refractivity contribution in [3.8, 4) is 11.5 Å². The molecule has 3 aromatic rings. The van der Waals surface area contributed by atoms with Crippen LogP contribution in [-0.4, -0.2) is 36.7 Å². The second-order valence-corrected chi connectivity index (χ2v) is 6.55. The quantitative estimate of drug-likeness (QED) is 0.364. The van der Waals surface area contributed by atoms with Crippen LogP contribution in [0.5, 0.6) is 11.5 Å². The van der Waals surface area contributed by atoms with E-state index in [1.54, 1.807) is 14.2 Å². The van der Waals surface area contributed by atoms with Crippen molar-refractivity contribution in [2.24, 2.45) is 5.10 Å². The minimum Gasteiger partial charge on any atom is -0.497 e. The molecule has 28 heavy (non-hydrogen) atoms. The highest BCUT2D eigenvalue weighted by Crippen LogP contribution is 2.25. The van der Waals surface area contributed by atoms with E-state index in [-0.39, 0.29) is 0 Å². The number of methoxy groups -OCH3 is 1. The zero-order chi connectivity index (χ0) is 19.9. The molecule has 0 spiro atoms. The Kier molecular flexibility index (Phi) is 6.49. The maximum atomic E-state index is 5.90.